The summed E-state index contributed by atoms with van der Waals surface area (Å²) in [6.45, 7) is 6.49. The number of guanidine groups is 1. The number of ether oxygens (including phenoxy) is 1. The summed E-state index contributed by atoms with van der Waals surface area (Å²) in [7, 11) is 0. The zero-order valence-corrected chi connectivity index (χ0v) is 17.9. The van der Waals surface area contributed by atoms with Crippen molar-refractivity contribution < 1.29 is 4.74 Å². The second-order valence-electron chi connectivity index (χ2n) is 4.96. The quantitative estimate of drug-likeness (QED) is 0.237. The first-order valence-corrected chi connectivity index (χ1v) is 9.21. The molecule has 0 saturated carbocycles. The molecule has 22 heavy (non-hydrogen) atoms. The van der Waals surface area contributed by atoms with Gasteiger partial charge in [0.25, 0.3) is 0 Å². The summed E-state index contributed by atoms with van der Waals surface area (Å²) in [5.41, 5.74) is 5.87. The van der Waals surface area contributed by atoms with Crippen molar-refractivity contribution in [2.24, 2.45) is 10.7 Å². The maximum Gasteiger partial charge on any atom is 0.188 e. The lowest BCUT2D eigenvalue weighted by atomic mass is 10.3. The molecular weight excluding hydrogens is 526 g/mol. The van der Waals surface area contributed by atoms with Gasteiger partial charge < -0.3 is 15.8 Å². The van der Waals surface area contributed by atoms with Crippen molar-refractivity contribution in [3.8, 4) is 0 Å². The van der Waals surface area contributed by atoms with Crippen LogP contribution in [0.3, 0.4) is 0 Å². The highest BCUT2D eigenvalue weighted by molar-refractivity contribution is 14.1. The molecule has 2 heterocycles. The van der Waals surface area contributed by atoms with E-state index in [0.717, 1.165) is 58.8 Å². The zero-order valence-electron chi connectivity index (χ0n) is 12.6. The van der Waals surface area contributed by atoms with Crippen LogP contribution in [0.4, 0.5) is 0 Å². The molecule has 0 bridgehead atoms. The van der Waals surface area contributed by atoms with E-state index in [1.54, 1.807) is 0 Å². The summed E-state index contributed by atoms with van der Waals surface area (Å²) >= 11 is 4.17. The maximum absolute atomic E-state index is 5.87. The minimum Gasteiger partial charge on any atom is -0.379 e. The van der Waals surface area contributed by atoms with Crippen molar-refractivity contribution in [2.75, 3.05) is 45.9 Å². The fourth-order valence-electron chi connectivity index (χ4n) is 2.17. The van der Waals surface area contributed by atoms with E-state index in [9.17, 15) is 0 Å². The first-order valence-electron chi connectivity index (χ1n) is 7.32. The van der Waals surface area contributed by atoms with Gasteiger partial charge in [0.15, 0.2) is 5.96 Å². The van der Waals surface area contributed by atoms with Crippen LogP contribution in [-0.4, -0.2) is 56.8 Å². The number of nitrogens with two attached hydrogens (primary N) is 1. The first kappa shape index (κ1) is 20.4. The van der Waals surface area contributed by atoms with Crippen molar-refractivity contribution in [3.05, 3.63) is 19.9 Å². The largest absolute Gasteiger partial charge is 0.379 e. The van der Waals surface area contributed by atoms with E-state index in [-0.39, 0.29) is 24.0 Å². The van der Waals surface area contributed by atoms with Crippen molar-refractivity contribution in [1.82, 2.24) is 10.2 Å². The van der Waals surface area contributed by atoms with Gasteiger partial charge in [-0.1, -0.05) is 0 Å². The van der Waals surface area contributed by atoms with Gasteiger partial charge in [0.2, 0.25) is 0 Å². The van der Waals surface area contributed by atoms with Crippen LogP contribution in [0.2, 0.25) is 0 Å². The zero-order chi connectivity index (χ0) is 14.9. The van der Waals surface area contributed by atoms with Crippen LogP contribution in [0, 0.1) is 2.88 Å². The number of morpholine rings is 1. The highest BCUT2D eigenvalue weighted by atomic mass is 127. The van der Waals surface area contributed by atoms with Gasteiger partial charge in [0.05, 0.1) is 16.1 Å². The summed E-state index contributed by atoms with van der Waals surface area (Å²) < 4.78 is 6.65. The number of hydrogen-bond donors (Lipinski definition) is 2. The first-order chi connectivity index (χ1) is 10.2. The van der Waals surface area contributed by atoms with Crippen LogP contribution in [0.25, 0.3) is 0 Å². The molecule has 1 aromatic rings. The molecule has 0 atom stereocenters. The third-order valence-corrected chi connectivity index (χ3v) is 5.28. The molecule has 2 rings (SSSR count). The Bertz CT molecular complexity index is 450. The number of nitrogens with one attached hydrogen (secondary N) is 1. The summed E-state index contributed by atoms with van der Waals surface area (Å²) in [4.78, 5) is 8.17. The van der Waals surface area contributed by atoms with Crippen LogP contribution in [-0.2, 0) is 11.2 Å². The van der Waals surface area contributed by atoms with Gasteiger partial charge in [-0.15, -0.1) is 35.3 Å². The molecule has 1 aromatic heterocycles. The van der Waals surface area contributed by atoms with Gasteiger partial charge in [0.1, 0.15) is 0 Å². The van der Waals surface area contributed by atoms with E-state index >= 15 is 0 Å². The molecule has 3 N–H and O–H groups in total. The predicted molar refractivity (Wildman–Crippen MR) is 113 cm³/mol. The summed E-state index contributed by atoms with van der Waals surface area (Å²) in [6, 6.07) is 4.31. The number of aliphatic imine (C=N–C) groups is 1. The smallest absolute Gasteiger partial charge is 0.188 e. The van der Waals surface area contributed by atoms with Crippen molar-refractivity contribution in [3.63, 3.8) is 0 Å². The Morgan fingerprint density at radius 3 is 2.86 bits per heavy atom. The van der Waals surface area contributed by atoms with E-state index in [0.29, 0.717) is 5.96 Å². The molecule has 8 heteroatoms. The molecule has 5 nitrogen and oxygen atoms in total. The minimum absolute atomic E-state index is 0. The molecule has 1 aliphatic heterocycles. The van der Waals surface area contributed by atoms with Crippen LogP contribution < -0.4 is 11.1 Å². The number of halogens is 2. The Kier molecular flexibility index (Phi) is 11.0. The third-order valence-electron chi connectivity index (χ3n) is 3.32. The lowest BCUT2D eigenvalue weighted by Crippen LogP contribution is -2.37. The molecule has 0 radical (unpaired) electrons. The van der Waals surface area contributed by atoms with E-state index in [1.807, 2.05) is 11.3 Å². The fourth-order valence-corrected chi connectivity index (χ4v) is 3.93. The van der Waals surface area contributed by atoms with E-state index < -0.39 is 0 Å². The molecule has 0 aromatic carbocycles. The monoisotopic (exact) mass is 550 g/mol. The minimum atomic E-state index is 0. The normalized spacial score (nSPS) is 16.3. The Hall–Kier alpha value is 0.350. The fraction of sp³-hybridized carbons (Fsp3) is 0.643. The maximum atomic E-state index is 5.87. The lowest BCUT2D eigenvalue weighted by Gasteiger charge is -2.26. The summed E-state index contributed by atoms with van der Waals surface area (Å²) in [6.07, 6.45) is 2.04. The summed E-state index contributed by atoms with van der Waals surface area (Å²) in [5, 5.41) is 3.18. The van der Waals surface area contributed by atoms with Crippen molar-refractivity contribution in [2.45, 2.75) is 12.8 Å². The molecule has 1 saturated heterocycles. The Morgan fingerprint density at radius 1 is 1.41 bits per heavy atom. The average Bonchev–Trinajstić information content (AvgIpc) is 2.90. The second-order valence-corrected chi connectivity index (χ2v) is 8.02. The van der Waals surface area contributed by atoms with Gasteiger partial charge in [-0.25, -0.2) is 0 Å². The van der Waals surface area contributed by atoms with Crippen LogP contribution >= 0.6 is 57.9 Å². The number of nitrogens with zero attached hydrogens (tertiary/aromatic N) is 2. The van der Waals surface area contributed by atoms with E-state index in [1.165, 1.54) is 7.76 Å². The van der Waals surface area contributed by atoms with Crippen molar-refractivity contribution in [1.29, 1.82) is 0 Å². The highest BCUT2D eigenvalue weighted by Crippen LogP contribution is 2.18. The average molecular weight is 550 g/mol. The van der Waals surface area contributed by atoms with Crippen molar-refractivity contribution >= 4 is 63.9 Å². The molecule has 0 amide bonds. The molecular formula is C14H24I2N4OS. The van der Waals surface area contributed by atoms with E-state index in [4.69, 9.17) is 10.5 Å². The Morgan fingerprint density at radius 2 is 2.18 bits per heavy atom. The standard InChI is InChI=1S/C14H23IN4OS.HI/c15-13-3-2-12(21-13)4-6-18-14(16)17-5-1-7-19-8-10-20-11-9-19;/h2-3H,1,4-11H2,(H3,16,17,18);1H. The van der Waals surface area contributed by atoms with Gasteiger partial charge >= 0.3 is 0 Å². The number of rotatable bonds is 7. The molecule has 1 fully saturated rings. The molecule has 1 aliphatic rings. The van der Waals surface area contributed by atoms with Gasteiger partial charge in [-0.2, -0.15) is 0 Å². The predicted octanol–water partition coefficient (Wildman–Crippen LogP) is 2.14. The molecule has 0 unspecified atom stereocenters. The van der Waals surface area contributed by atoms with E-state index in [2.05, 4.69) is 49.9 Å². The Balaban J connectivity index is 0.00000242. The highest BCUT2D eigenvalue weighted by Gasteiger charge is 2.08. The number of hydrogen-bond acceptors (Lipinski definition) is 4. The molecule has 0 spiro atoms. The summed E-state index contributed by atoms with van der Waals surface area (Å²) in [5.74, 6) is 0.559. The molecule has 126 valence electrons. The second kappa shape index (κ2) is 11.8. The SMILES string of the molecule is I.NC(=NCCCN1CCOCC1)NCCc1ccc(I)s1. The van der Waals surface area contributed by atoms with Crippen LogP contribution in [0.5, 0.6) is 0 Å². The number of thiophene rings is 1. The Labute approximate surface area is 167 Å². The topological polar surface area (TPSA) is 62.9 Å². The van der Waals surface area contributed by atoms with Gasteiger partial charge in [0, 0.05) is 37.6 Å². The van der Waals surface area contributed by atoms with Crippen LogP contribution in [0.1, 0.15) is 11.3 Å². The lowest BCUT2D eigenvalue weighted by molar-refractivity contribution is 0.0377. The third kappa shape index (κ3) is 8.27. The van der Waals surface area contributed by atoms with Crippen LogP contribution in [0.15, 0.2) is 17.1 Å². The molecule has 0 aliphatic carbocycles. The van der Waals surface area contributed by atoms with Gasteiger partial charge in [-0.05, 0) is 47.6 Å². The van der Waals surface area contributed by atoms with Gasteiger partial charge in [-0.3, -0.25) is 9.89 Å².